The van der Waals surface area contributed by atoms with Gasteiger partial charge in [-0.05, 0) is 45.7 Å². The zero-order valence-electron chi connectivity index (χ0n) is 21.6. The number of methoxy groups -OCH3 is 1. The molecule has 1 fully saturated rings. The molecule has 12 nitrogen and oxygen atoms in total. The van der Waals surface area contributed by atoms with Gasteiger partial charge in [0.2, 0.25) is 5.95 Å². The van der Waals surface area contributed by atoms with Gasteiger partial charge in [0, 0.05) is 42.1 Å². The molecule has 0 bridgehead atoms. The number of nitrogens with zero attached hydrogens (tertiary/aromatic N) is 5. The van der Waals surface area contributed by atoms with Crippen molar-refractivity contribution in [3.63, 3.8) is 0 Å². The Morgan fingerprint density at radius 1 is 1.30 bits per heavy atom. The minimum Gasteiger partial charge on any atom is -0.496 e. The van der Waals surface area contributed by atoms with Crippen LogP contribution in [0.25, 0.3) is 11.0 Å². The van der Waals surface area contributed by atoms with Gasteiger partial charge in [-0.15, -0.1) is 0 Å². The number of amides is 1. The van der Waals surface area contributed by atoms with Gasteiger partial charge in [-0.1, -0.05) is 13.3 Å². The van der Waals surface area contributed by atoms with Crippen LogP contribution in [0.3, 0.4) is 0 Å². The van der Waals surface area contributed by atoms with Crippen molar-refractivity contribution in [3.05, 3.63) is 29.2 Å². The van der Waals surface area contributed by atoms with Crippen molar-refractivity contribution in [2.24, 2.45) is 0 Å². The number of hydrogen-bond acceptors (Lipinski definition) is 9. The summed E-state index contributed by atoms with van der Waals surface area (Å²) in [5.41, 5.74) is 3.73. The van der Waals surface area contributed by atoms with Gasteiger partial charge < -0.3 is 25.6 Å². The van der Waals surface area contributed by atoms with Crippen molar-refractivity contribution in [2.75, 3.05) is 37.4 Å². The average Bonchev–Trinajstić information content (AvgIpc) is 3.19. The third-order valence-corrected chi connectivity index (χ3v) is 6.69. The Morgan fingerprint density at radius 2 is 2.08 bits per heavy atom. The van der Waals surface area contributed by atoms with E-state index >= 15 is 0 Å². The van der Waals surface area contributed by atoms with E-state index in [1.54, 1.807) is 11.8 Å². The molecule has 1 saturated heterocycles. The molecule has 12 heteroatoms. The molecule has 1 aliphatic rings. The number of rotatable bonds is 11. The number of nitrogens with one attached hydrogen (secondary N) is 3. The van der Waals surface area contributed by atoms with Crippen molar-refractivity contribution in [3.8, 4) is 5.75 Å². The molecule has 4 heterocycles. The number of fused-ring (bicyclic) bond motifs is 1. The van der Waals surface area contributed by atoms with Crippen molar-refractivity contribution < 1.29 is 19.7 Å². The van der Waals surface area contributed by atoms with E-state index in [2.05, 4.69) is 32.8 Å². The van der Waals surface area contributed by atoms with Crippen LogP contribution in [0.15, 0.2) is 12.3 Å². The Balaban J connectivity index is 1.73. The highest BCUT2D eigenvalue weighted by Crippen LogP contribution is 2.31. The first kappa shape index (κ1) is 26.6. The number of carbonyl (C=O) groups is 1. The largest absolute Gasteiger partial charge is 0.496 e. The van der Waals surface area contributed by atoms with E-state index in [-0.39, 0.29) is 18.6 Å². The summed E-state index contributed by atoms with van der Waals surface area (Å²) in [4.78, 5) is 25.0. The second-order valence-corrected chi connectivity index (χ2v) is 9.35. The van der Waals surface area contributed by atoms with Crippen LogP contribution in [0.1, 0.15) is 61.9 Å². The standard InChI is InChI=1S/C25H36N8O4/c1-4-5-18(8-11-34)28-23-22-21(29-24(30-23)31-25(35)36)15(2)32-33(22)14-17-13-27-19(12-20(17)37-3)16-6-9-26-10-7-16/h12-13,16,18,26,34H,4-11,14H2,1-3H3,(H,35,36)(H2,28,29,30,31). The highest BCUT2D eigenvalue weighted by atomic mass is 16.5. The van der Waals surface area contributed by atoms with Gasteiger partial charge in [-0.3, -0.25) is 15.0 Å². The van der Waals surface area contributed by atoms with Crippen molar-refractivity contribution in [1.82, 2.24) is 30.0 Å². The fourth-order valence-corrected chi connectivity index (χ4v) is 4.87. The molecule has 0 saturated carbocycles. The topological polar surface area (TPSA) is 159 Å². The maximum Gasteiger partial charge on any atom is 0.411 e. The summed E-state index contributed by atoms with van der Waals surface area (Å²) in [7, 11) is 1.65. The number of aromatic nitrogens is 5. The number of ether oxygens (including phenoxy) is 1. The molecular weight excluding hydrogens is 476 g/mol. The number of carboxylic acid groups (broad SMARTS) is 1. The van der Waals surface area contributed by atoms with E-state index in [4.69, 9.17) is 14.8 Å². The van der Waals surface area contributed by atoms with E-state index < -0.39 is 6.09 Å². The Morgan fingerprint density at radius 3 is 2.76 bits per heavy atom. The lowest BCUT2D eigenvalue weighted by atomic mass is 9.93. The van der Waals surface area contributed by atoms with Gasteiger partial charge in [0.1, 0.15) is 16.8 Å². The molecule has 200 valence electrons. The third-order valence-electron chi connectivity index (χ3n) is 6.69. The van der Waals surface area contributed by atoms with Crippen LogP contribution in [0.2, 0.25) is 0 Å². The van der Waals surface area contributed by atoms with Crippen LogP contribution >= 0.6 is 0 Å². The fraction of sp³-hybridized carbons (Fsp3) is 0.560. The van der Waals surface area contributed by atoms with Crippen molar-refractivity contribution >= 4 is 28.9 Å². The Labute approximate surface area is 215 Å². The molecule has 0 spiro atoms. The summed E-state index contributed by atoms with van der Waals surface area (Å²) in [6, 6.07) is 1.97. The minimum atomic E-state index is -1.25. The van der Waals surface area contributed by atoms with Crippen LogP contribution in [0.4, 0.5) is 16.6 Å². The summed E-state index contributed by atoms with van der Waals surface area (Å²) in [5, 5.41) is 32.5. The van der Waals surface area contributed by atoms with Crippen LogP contribution in [0, 0.1) is 6.92 Å². The first-order chi connectivity index (χ1) is 17.9. The van der Waals surface area contributed by atoms with Gasteiger partial charge in [-0.25, -0.2) is 9.78 Å². The molecule has 3 aromatic rings. The number of pyridine rings is 1. The average molecular weight is 513 g/mol. The SMILES string of the molecule is CCCC(CCO)Nc1nc(NC(=O)O)nc2c(C)nn(Cc3cnc(C4CCNCC4)cc3OC)c12. The molecule has 0 aromatic carbocycles. The molecule has 1 atom stereocenters. The molecule has 0 aliphatic carbocycles. The van der Waals surface area contributed by atoms with Crippen LogP contribution in [0.5, 0.6) is 5.75 Å². The lowest BCUT2D eigenvalue weighted by Gasteiger charge is -2.23. The number of aryl methyl sites for hydroxylation is 1. The van der Waals surface area contributed by atoms with Gasteiger partial charge in [0.15, 0.2) is 5.82 Å². The monoisotopic (exact) mass is 512 g/mol. The molecule has 0 radical (unpaired) electrons. The lowest BCUT2D eigenvalue weighted by molar-refractivity contribution is 0.209. The zero-order chi connectivity index (χ0) is 26.4. The van der Waals surface area contributed by atoms with E-state index in [1.165, 1.54) is 0 Å². The van der Waals surface area contributed by atoms with Gasteiger partial charge in [0.05, 0.1) is 19.3 Å². The molecule has 1 amide bonds. The normalized spacial score (nSPS) is 15.0. The minimum absolute atomic E-state index is 0.0245. The molecule has 5 N–H and O–H groups in total. The first-order valence-electron chi connectivity index (χ1n) is 12.8. The highest BCUT2D eigenvalue weighted by molar-refractivity contribution is 5.91. The number of piperidine rings is 1. The number of aliphatic hydroxyl groups is 1. The number of anilines is 2. The summed E-state index contributed by atoms with van der Waals surface area (Å²) < 4.78 is 7.54. The smallest absolute Gasteiger partial charge is 0.411 e. The van der Waals surface area contributed by atoms with E-state index in [9.17, 15) is 15.0 Å². The second kappa shape index (κ2) is 12.2. The first-order valence-corrected chi connectivity index (χ1v) is 12.8. The molecule has 37 heavy (non-hydrogen) atoms. The van der Waals surface area contributed by atoms with Crippen molar-refractivity contribution in [2.45, 2.75) is 64.5 Å². The molecular formula is C25H36N8O4. The molecule has 1 aliphatic heterocycles. The Hall–Kier alpha value is -3.51. The van der Waals surface area contributed by atoms with Crippen LogP contribution < -0.4 is 20.7 Å². The quantitative estimate of drug-likeness (QED) is 0.258. The summed E-state index contributed by atoms with van der Waals surface area (Å²) in [6.07, 6.45) is 4.95. The summed E-state index contributed by atoms with van der Waals surface area (Å²) in [5.74, 6) is 1.58. The summed E-state index contributed by atoms with van der Waals surface area (Å²) >= 11 is 0. The second-order valence-electron chi connectivity index (χ2n) is 9.35. The Kier molecular flexibility index (Phi) is 8.72. The van der Waals surface area contributed by atoms with Crippen LogP contribution in [-0.2, 0) is 6.54 Å². The van der Waals surface area contributed by atoms with E-state index in [1.807, 2.05) is 19.2 Å². The molecule has 4 rings (SSSR count). The van der Waals surface area contributed by atoms with Crippen LogP contribution in [-0.4, -0.2) is 73.9 Å². The maximum absolute atomic E-state index is 11.3. The number of hydrogen-bond donors (Lipinski definition) is 5. The molecule has 3 aromatic heterocycles. The zero-order valence-corrected chi connectivity index (χ0v) is 21.6. The predicted molar refractivity (Wildman–Crippen MR) is 140 cm³/mol. The number of aliphatic hydroxyl groups excluding tert-OH is 1. The predicted octanol–water partition coefficient (Wildman–Crippen LogP) is 3.11. The van der Waals surface area contributed by atoms with E-state index in [0.29, 0.717) is 41.4 Å². The van der Waals surface area contributed by atoms with Crippen molar-refractivity contribution in [1.29, 1.82) is 0 Å². The van der Waals surface area contributed by atoms with Gasteiger partial charge >= 0.3 is 6.09 Å². The molecule has 1 unspecified atom stereocenters. The maximum atomic E-state index is 11.3. The lowest BCUT2D eigenvalue weighted by Crippen LogP contribution is -2.27. The van der Waals surface area contributed by atoms with Gasteiger partial charge in [-0.2, -0.15) is 10.1 Å². The highest BCUT2D eigenvalue weighted by Gasteiger charge is 2.22. The summed E-state index contributed by atoms with van der Waals surface area (Å²) in [6.45, 7) is 6.26. The Bertz CT molecular complexity index is 1220. The third kappa shape index (κ3) is 6.25. The van der Waals surface area contributed by atoms with E-state index in [0.717, 1.165) is 55.8 Å². The fourth-order valence-electron chi connectivity index (χ4n) is 4.87. The van der Waals surface area contributed by atoms with Gasteiger partial charge in [0.25, 0.3) is 0 Å².